The van der Waals surface area contributed by atoms with E-state index in [9.17, 15) is 0 Å². The zero-order valence-corrected chi connectivity index (χ0v) is 11.5. The van der Waals surface area contributed by atoms with Gasteiger partial charge in [0.05, 0.1) is 21.3 Å². The van der Waals surface area contributed by atoms with Gasteiger partial charge in [0.25, 0.3) is 0 Å². The van der Waals surface area contributed by atoms with E-state index in [2.05, 4.69) is 4.90 Å². The molecule has 0 heterocycles. The first-order chi connectivity index (χ1) is 8.65. The molecule has 0 fully saturated rings. The fourth-order valence-electron chi connectivity index (χ4n) is 1.84. The Kier molecular flexibility index (Phi) is 5.74. The second kappa shape index (κ2) is 7.08. The highest BCUT2D eigenvalue weighted by Crippen LogP contribution is 2.38. The van der Waals surface area contributed by atoms with Crippen LogP contribution in [0.1, 0.15) is 5.56 Å². The first-order valence-corrected chi connectivity index (χ1v) is 5.83. The summed E-state index contributed by atoms with van der Waals surface area (Å²) in [6.07, 6.45) is 0. The summed E-state index contributed by atoms with van der Waals surface area (Å²) in [5.74, 6) is 1.96. The Labute approximate surface area is 108 Å². The minimum absolute atomic E-state index is 0.616. The standard InChI is InChI=1S/C13H22N2O3/c1-15(6-5-14)9-10-7-11(16-2)13(18-4)12(8-10)17-3/h7-8H,5-6,9,14H2,1-4H3. The maximum Gasteiger partial charge on any atom is 0.203 e. The molecule has 0 aliphatic rings. The van der Waals surface area contributed by atoms with Crippen molar-refractivity contribution in [2.75, 3.05) is 41.5 Å². The van der Waals surface area contributed by atoms with Crippen molar-refractivity contribution in [1.29, 1.82) is 0 Å². The van der Waals surface area contributed by atoms with Crippen molar-refractivity contribution in [2.45, 2.75) is 6.54 Å². The van der Waals surface area contributed by atoms with Crippen molar-refractivity contribution in [2.24, 2.45) is 5.73 Å². The quantitative estimate of drug-likeness (QED) is 0.789. The Morgan fingerprint density at radius 2 is 1.61 bits per heavy atom. The molecule has 5 heteroatoms. The number of benzene rings is 1. The predicted molar refractivity (Wildman–Crippen MR) is 71.5 cm³/mol. The van der Waals surface area contributed by atoms with Crippen molar-refractivity contribution in [3.63, 3.8) is 0 Å². The second-order valence-corrected chi connectivity index (χ2v) is 4.06. The number of nitrogens with zero attached hydrogens (tertiary/aromatic N) is 1. The maximum absolute atomic E-state index is 5.53. The third kappa shape index (κ3) is 3.51. The topological polar surface area (TPSA) is 57.0 Å². The zero-order chi connectivity index (χ0) is 13.5. The Hall–Kier alpha value is -1.46. The number of methoxy groups -OCH3 is 3. The first kappa shape index (κ1) is 14.6. The molecular weight excluding hydrogens is 232 g/mol. The molecule has 0 amide bonds. The van der Waals surface area contributed by atoms with Crippen LogP contribution in [0.3, 0.4) is 0 Å². The van der Waals surface area contributed by atoms with Gasteiger partial charge in [0, 0.05) is 19.6 Å². The van der Waals surface area contributed by atoms with Gasteiger partial charge in [-0.2, -0.15) is 0 Å². The largest absolute Gasteiger partial charge is 0.493 e. The Morgan fingerprint density at radius 1 is 1.06 bits per heavy atom. The number of nitrogens with two attached hydrogens (primary N) is 1. The lowest BCUT2D eigenvalue weighted by Crippen LogP contribution is -2.25. The van der Waals surface area contributed by atoms with Gasteiger partial charge < -0.3 is 24.8 Å². The lowest BCUT2D eigenvalue weighted by Gasteiger charge is -2.18. The van der Waals surface area contributed by atoms with E-state index in [1.165, 1.54) is 0 Å². The summed E-state index contributed by atoms with van der Waals surface area (Å²) in [5.41, 5.74) is 6.63. The highest BCUT2D eigenvalue weighted by molar-refractivity contribution is 5.53. The summed E-state index contributed by atoms with van der Waals surface area (Å²) in [4.78, 5) is 2.14. The molecular formula is C13H22N2O3. The van der Waals surface area contributed by atoms with Crippen molar-refractivity contribution < 1.29 is 14.2 Å². The van der Waals surface area contributed by atoms with Crippen LogP contribution < -0.4 is 19.9 Å². The van der Waals surface area contributed by atoms with Gasteiger partial charge in [-0.25, -0.2) is 0 Å². The highest BCUT2D eigenvalue weighted by atomic mass is 16.5. The number of hydrogen-bond donors (Lipinski definition) is 1. The van der Waals surface area contributed by atoms with Gasteiger partial charge in [-0.1, -0.05) is 0 Å². The molecule has 0 saturated carbocycles. The molecule has 0 radical (unpaired) electrons. The molecule has 18 heavy (non-hydrogen) atoms. The van der Waals surface area contributed by atoms with Gasteiger partial charge >= 0.3 is 0 Å². The SMILES string of the molecule is COc1cc(CN(C)CCN)cc(OC)c1OC. The van der Waals surface area contributed by atoms with E-state index in [-0.39, 0.29) is 0 Å². The molecule has 2 N–H and O–H groups in total. The summed E-state index contributed by atoms with van der Waals surface area (Å²) >= 11 is 0. The molecule has 0 atom stereocenters. The van der Waals surface area contributed by atoms with Gasteiger partial charge in [-0.3, -0.25) is 0 Å². The molecule has 0 aromatic heterocycles. The molecule has 1 rings (SSSR count). The minimum Gasteiger partial charge on any atom is -0.493 e. The van der Waals surface area contributed by atoms with Crippen LogP contribution in [0.2, 0.25) is 0 Å². The molecule has 0 bridgehead atoms. The Balaban J connectivity index is 2.99. The van der Waals surface area contributed by atoms with Crippen LogP contribution in [0, 0.1) is 0 Å². The van der Waals surface area contributed by atoms with Crippen molar-refractivity contribution in [3.05, 3.63) is 17.7 Å². The van der Waals surface area contributed by atoms with Crippen LogP contribution in [0.25, 0.3) is 0 Å². The van der Waals surface area contributed by atoms with Crippen LogP contribution >= 0.6 is 0 Å². The number of rotatable bonds is 7. The van der Waals surface area contributed by atoms with Crippen molar-refractivity contribution in [1.82, 2.24) is 4.90 Å². The second-order valence-electron chi connectivity index (χ2n) is 4.06. The number of likely N-dealkylation sites (N-methyl/N-ethyl adjacent to an activating group) is 1. The molecule has 0 aliphatic carbocycles. The van der Waals surface area contributed by atoms with Crippen LogP contribution in [0.5, 0.6) is 17.2 Å². The smallest absolute Gasteiger partial charge is 0.203 e. The molecule has 102 valence electrons. The van der Waals surface area contributed by atoms with E-state index in [1.807, 2.05) is 19.2 Å². The highest BCUT2D eigenvalue weighted by Gasteiger charge is 2.13. The Morgan fingerprint density at radius 3 is 2.00 bits per heavy atom. The predicted octanol–water partition coefficient (Wildman–Crippen LogP) is 1.10. The van der Waals surface area contributed by atoms with Crippen molar-refractivity contribution >= 4 is 0 Å². The molecule has 0 saturated heterocycles. The van der Waals surface area contributed by atoms with Crippen LogP contribution in [-0.2, 0) is 6.54 Å². The summed E-state index contributed by atoms with van der Waals surface area (Å²) in [5, 5.41) is 0. The van der Waals surface area contributed by atoms with Crippen LogP contribution in [-0.4, -0.2) is 46.4 Å². The fourth-order valence-corrected chi connectivity index (χ4v) is 1.84. The van der Waals surface area contributed by atoms with Crippen LogP contribution in [0.15, 0.2) is 12.1 Å². The zero-order valence-electron chi connectivity index (χ0n) is 11.5. The average Bonchev–Trinajstić information content (AvgIpc) is 2.37. The third-order valence-corrected chi connectivity index (χ3v) is 2.69. The van der Waals surface area contributed by atoms with Crippen molar-refractivity contribution in [3.8, 4) is 17.2 Å². The van der Waals surface area contributed by atoms with Gasteiger partial charge in [0.15, 0.2) is 11.5 Å². The lowest BCUT2D eigenvalue weighted by atomic mass is 10.1. The molecule has 5 nitrogen and oxygen atoms in total. The van der Waals surface area contributed by atoms with Crippen LogP contribution in [0.4, 0.5) is 0 Å². The van der Waals surface area contributed by atoms with E-state index >= 15 is 0 Å². The molecule has 0 aliphatic heterocycles. The van der Waals surface area contributed by atoms with Gasteiger partial charge in [0.1, 0.15) is 0 Å². The van der Waals surface area contributed by atoms with E-state index in [4.69, 9.17) is 19.9 Å². The molecule has 1 aromatic rings. The summed E-state index contributed by atoms with van der Waals surface area (Å²) < 4.78 is 15.9. The summed E-state index contributed by atoms with van der Waals surface area (Å²) in [7, 11) is 6.85. The molecule has 0 unspecified atom stereocenters. The molecule has 0 spiro atoms. The monoisotopic (exact) mass is 254 g/mol. The summed E-state index contributed by atoms with van der Waals surface area (Å²) in [6, 6.07) is 3.91. The minimum atomic E-state index is 0.616. The maximum atomic E-state index is 5.53. The third-order valence-electron chi connectivity index (χ3n) is 2.69. The summed E-state index contributed by atoms with van der Waals surface area (Å²) in [6.45, 7) is 2.27. The van der Waals surface area contributed by atoms with E-state index in [0.717, 1.165) is 18.7 Å². The normalized spacial score (nSPS) is 10.6. The number of hydrogen-bond acceptors (Lipinski definition) is 5. The fraction of sp³-hybridized carbons (Fsp3) is 0.538. The van der Waals surface area contributed by atoms with E-state index in [1.54, 1.807) is 21.3 Å². The van der Waals surface area contributed by atoms with Gasteiger partial charge in [-0.15, -0.1) is 0 Å². The molecule has 1 aromatic carbocycles. The van der Waals surface area contributed by atoms with E-state index < -0.39 is 0 Å². The Bertz CT molecular complexity index is 357. The lowest BCUT2D eigenvalue weighted by molar-refractivity contribution is 0.316. The first-order valence-electron chi connectivity index (χ1n) is 5.83. The number of ether oxygens (including phenoxy) is 3. The van der Waals surface area contributed by atoms with E-state index in [0.29, 0.717) is 23.8 Å². The average molecular weight is 254 g/mol. The van der Waals surface area contributed by atoms with Gasteiger partial charge in [0.2, 0.25) is 5.75 Å². The van der Waals surface area contributed by atoms with Gasteiger partial charge in [-0.05, 0) is 24.7 Å².